The number of hydrogen-bond acceptors (Lipinski definition) is 4. The second kappa shape index (κ2) is 6.60. The van der Waals surface area contributed by atoms with Crippen LogP contribution in [-0.4, -0.2) is 21.5 Å². The lowest BCUT2D eigenvalue weighted by molar-refractivity contribution is -0.122. The van der Waals surface area contributed by atoms with Crippen LogP contribution in [0, 0.1) is 0 Å². The van der Waals surface area contributed by atoms with E-state index in [0.29, 0.717) is 11.5 Å². The number of carbonyl (C=O) groups is 1. The molecule has 1 saturated carbocycles. The van der Waals surface area contributed by atoms with Crippen LogP contribution in [0.4, 0.5) is 0 Å². The largest absolute Gasteiger partial charge is 0.463 e. The molecule has 0 atom stereocenters. The predicted octanol–water partition coefficient (Wildman–Crippen LogP) is 1.95. The van der Waals surface area contributed by atoms with Gasteiger partial charge in [0.1, 0.15) is 12.2 Å². The molecule has 1 aliphatic carbocycles. The molecule has 2 aromatic heterocycles. The van der Waals surface area contributed by atoms with Gasteiger partial charge in [0.05, 0.1) is 12.6 Å². The van der Waals surface area contributed by atoms with Gasteiger partial charge < -0.3 is 9.73 Å². The van der Waals surface area contributed by atoms with Gasteiger partial charge in [0.15, 0.2) is 5.76 Å². The molecule has 0 spiro atoms. The summed E-state index contributed by atoms with van der Waals surface area (Å²) in [4.78, 5) is 28.3. The Morgan fingerprint density at radius 2 is 2.18 bits per heavy atom. The van der Waals surface area contributed by atoms with Crippen LogP contribution in [0.3, 0.4) is 0 Å². The summed E-state index contributed by atoms with van der Waals surface area (Å²) >= 11 is 0. The quantitative estimate of drug-likeness (QED) is 0.936. The lowest BCUT2D eigenvalue weighted by atomic mass is 9.95. The summed E-state index contributed by atoms with van der Waals surface area (Å²) in [5.74, 6) is 0.400. The van der Waals surface area contributed by atoms with Crippen molar-refractivity contribution in [3.63, 3.8) is 0 Å². The van der Waals surface area contributed by atoms with Gasteiger partial charge in [-0.1, -0.05) is 19.3 Å². The van der Waals surface area contributed by atoms with Gasteiger partial charge in [-0.3, -0.25) is 14.2 Å². The van der Waals surface area contributed by atoms with Crippen LogP contribution in [0.2, 0.25) is 0 Å². The van der Waals surface area contributed by atoms with Crippen LogP contribution < -0.4 is 10.9 Å². The monoisotopic (exact) mass is 301 g/mol. The molecule has 22 heavy (non-hydrogen) atoms. The molecule has 1 amide bonds. The molecule has 6 heteroatoms. The highest BCUT2D eigenvalue weighted by Gasteiger charge is 2.16. The maximum Gasteiger partial charge on any atom is 0.254 e. The van der Waals surface area contributed by atoms with E-state index < -0.39 is 0 Å². The van der Waals surface area contributed by atoms with Gasteiger partial charge in [-0.25, -0.2) is 4.98 Å². The summed E-state index contributed by atoms with van der Waals surface area (Å²) in [7, 11) is 0. The predicted molar refractivity (Wildman–Crippen MR) is 81.2 cm³/mol. The summed E-state index contributed by atoms with van der Waals surface area (Å²) < 4.78 is 6.52. The molecule has 2 aromatic rings. The van der Waals surface area contributed by atoms with Crippen molar-refractivity contribution >= 4 is 5.91 Å². The first-order valence-electron chi connectivity index (χ1n) is 7.62. The van der Waals surface area contributed by atoms with Crippen LogP contribution in [0.5, 0.6) is 0 Å². The maximum absolute atomic E-state index is 12.1. The van der Waals surface area contributed by atoms with E-state index in [0.717, 1.165) is 25.7 Å². The zero-order valence-corrected chi connectivity index (χ0v) is 12.3. The molecule has 1 N–H and O–H groups in total. The first-order valence-corrected chi connectivity index (χ1v) is 7.62. The molecule has 6 nitrogen and oxygen atoms in total. The Labute approximate surface area is 128 Å². The highest BCUT2D eigenvalue weighted by atomic mass is 16.3. The number of nitrogens with zero attached hydrogens (tertiary/aromatic N) is 2. The molecule has 1 aliphatic rings. The Bertz CT molecular complexity index is 685. The van der Waals surface area contributed by atoms with Crippen LogP contribution >= 0.6 is 0 Å². The normalized spacial score (nSPS) is 15.6. The second-order valence-corrected chi connectivity index (χ2v) is 5.62. The Morgan fingerprint density at radius 1 is 1.36 bits per heavy atom. The summed E-state index contributed by atoms with van der Waals surface area (Å²) in [6.07, 6.45) is 8.52. The Hall–Kier alpha value is -2.37. The number of nitrogens with one attached hydrogen (secondary N) is 1. The molecular formula is C16H19N3O3. The van der Waals surface area contributed by atoms with E-state index in [1.807, 2.05) is 0 Å². The molecule has 2 heterocycles. The third kappa shape index (κ3) is 3.44. The van der Waals surface area contributed by atoms with Crippen molar-refractivity contribution in [3.05, 3.63) is 41.1 Å². The van der Waals surface area contributed by atoms with E-state index in [2.05, 4.69) is 10.3 Å². The van der Waals surface area contributed by atoms with Gasteiger partial charge in [0.25, 0.3) is 5.56 Å². The van der Waals surface area contributed by atoms with E-state index in [9.17, 15) is 9.59 Å². The van der Waals surface area contributed by atoms with Gasteiger partial charge in [0, 0.05) is 12.1 Å². The van der Waals surface area contributed by atoms with Crippen molar-refractivity contribution < 1.29 is 9.21 Å². The van der Waals surface area contributed by atoms with Gasteiger partial charge in [0.2, 0.25) is 5.91 Å². The molecule has 0 bridgehead atoms. The maximum atomic E-state index is 12.1. The fraction of sp³-hybridized carbons (Fsp3) is 0.438. The molecule has 3 rings (SSSR count). The lowest BCUT2D eigenvalue weighted by Crippen LogP contribution is -2.39. The van der Waals surface area contributed by atoms with Crippen molar-refractivity contribution in [2.45, 2.75) is 44.7 Å². The van der Waals surface area contributed by atoms with E-state index in [4.69, 9.17) is 4.42 Å². The fourth-order valence-corrected chi connectivity index (χ4v) is 2.78. The molecule has 0 aromatic carbocycles. The van der Waals surface area contributed by atoms with Crippen LogP contribution in [0.15, 0.2) is 40.0 Å². The fourth-order valence-electron chi connectivity index (χ4n) is 2.78. The first-order chi connectivity index (χ1) is 10.7. The molecule has 116 valence electrons. The smallest absolute Gasteiger partial charge is 0.254 e. The Morgan fingerprint density at radius 3 is 2.86 bits per heavy atom. The average Bonchev–Trinajstić information content (AvgIpc) is 3.04. The lowest BCUT2D eigenvalue weighted by Gasteiger charge is -2.22. The number of rotatable bonds is 4. The second-order valence-electron chi connectivity index (χ2n) is 5.62. The molecule has 1 fully saturated rings. The highest BCUT2D eigenvalue weighted by Crippen LogP contribution is 2.17. The van der Waals surface area contributed by atoms with Gasteiger partial charge in [-0.2, -0.15) is 0 Å². The van der Waals surface area contributed by atoms with Crippen molar-refractivity contribution in [1.29, 1.82) is 0 Å². The van der Waals surface area contributed by atoms with Gasteiger partial charge >= 0.3 is 0 Å². The molecule has 0 unspecified atom stereocenters. The summed E-state index contributed by atoms with van der Waals surface area (Å²) in [5, 5.41) is 2.99. The molecule has 0 radical (unpaired) electrons. The third-order valence-electron chi connectivity index (χ3n) is 3.94. The minimum absolute atomic E-state index is 0.000762. The summed E-state index contributed by atoms with van der Waals surface area (Å²) in [5.41, 5.74) is 0.208. The van der Waals surface area contributed by atoms with Crippen LogP contribution in [-0.2, 0) is 11.3 Å². The topological polar surface area (TPSA) is 77.1 Å². The summed E-state index contributed by atoms with van der Waals surface area (Å²) in [6, 6.07) is 5.10. The van der Waals surface area contributed by atoms with Gasteiger partial charge in [-0.15, -0.1) is 0 Å². The standard InChI is InChI=1S/C16H19N3O3/c20-15(18-12-5-2-1-3-6-12)10-19-11-17-13(9-16(19)21)14-7-4-8-22-14/h4,7-9,11-12H,1-3,5-6,10H2,(H,18,20). The first kappa shape index (κ1) is 14.6. The molecule has 0 aliphatic heterocycles. The minimum atomic E-state index is -0.264. The minimum Gasteiger partial charge on any atom is -0.463 e. The Kier molecular flexibility index (Phi) is 4.37. The van der Waals surface area contributed by atoms with Crippen LogP contribution in [0.1, 0.15) is 32.1 Å². The van der Waals surface area contributed by atoms with Gasteiger partial charge in [-0.05, 0) is 25.0 Å². The number of furan rings is 1. The zero-order chi connectivity index (χ0) is 15.4. The average molecular weight is 301 g/mol. The van der Waals surface area contributed by atoms with Crippen molar-refractivity contribution in [3.8, 4) is 11.5 Å². The third-order valence-corrected chi connectivity index (χ3v) is 3.94. The number of aromatic nitrogens is 2. The number of hydrogen-bond donors (Lipinski definition) is 1. The van der Waals surface area contributed by atoms with E-state index in [1.165, 1.54) is 29.6 Å². The number of carbonyl (C=O) groups excluding carboxylic acids is 1. The van der Waals surface area contributed by atoms with Crippen molar-refractivity contribution in [2.24, 2.45) is 0 Å². The zero-order valence-electron chi connectivity index (χ0n) is 12.3. The molecule has 0 saturated heterocycles. The van der Waals surface area contributed by atoms with Crippen molar-refractivity contribution in [2.75, 3.05) is 0 Å². The number of amides is 1. The Balaban J connectivity index is 1.65. The van der Waals surface area contributed by atoms with E-state index in [1.54, 1.807) is 12.1 Å². The van der Waals surface area contributed by atoms with E-state index in [-0.39, 0.29) is 24.1 Å². The van der Waals surface area contributed by atoms with Crippen molar-refractivity contribution in [1.82, 2.24) is 14.9 Å². The highest BCUT2D eigenvalue weighted by molar-refractivity contribution is 5.76. The SMILES string of the molecule is O=C(Cn1cnc(-c2ccco2)cc1=O)NC1CCCCC1. The van der Waals surface area contributed by atoms with Crippen LogP contribution in [0.25, 0.3) is 11.5 Å². The van der Waals surface area contributed by atoms with E-state index >= 15 is 0 Å². The summed E-state index contributed by atoms with van der Waals surface area (Å²) in [6.45, 7) is 0.000762. The molecular weight excluding hydrogens is 282 g/mol.